The Morgan fingerprint density at radius 2 is 0.833 bits per heavy atom. The molecule has 0 saturated carbocycles. The van der Waals surface area contributed by atoms with Crippen molar-refractivity contribution < 1.29 is 18.6 Å². The van der Waals surface area contributed by atoms with Gasteiger partial charge in [-0.1, -0.05) is 0 Å². The molecule has 0 fully saturated rings. The molecule has 0 unspecified atom stereocenters. The van der Waals surface area contributed by atoms with E-state index in [0.29, 0.717) is 0 Å². The Morgan fingerprint density at radius 1 is 0.833 bits per heavy atom. The van der Waals surface area contributed by atoms with Gasteiger partial charge in [0, 0.05) is 0 Å². The van der Waals surface area contributed by atoms with Crippen LogP contribution in [0, 0.1) is 28.8 Å². The maximum absolute atomic E-state index is 3.39. The van der Waals surface area contributed by atoms with Crippen molar-refractivity contribution >= 4 is 10.2 Å². The first-order valence-electron chi connectivity index (χ1n) is 0.707. The molecule has 0 aliphatic carbocycles. The van der Waals surface area contributed by atoms with Crippen LogP contribution in [0.1, 0.15) is 0 Å². The van der Waals surface area contributed by atoms with E-state index in [1.165, 1.54) is 0 Å². The van der Waals surface area contributed by atoms with Crippen molar-refractivity contribution in [3.8, 4) is 0 Å². The van der Waals surface area contributed by atoms with E-state index in [2.05, 4.69) is 6.55 Å². The molecule has 0 aromatic carbocycles. The van der Waals surface area contributed by atoms with Crippen LogP contribution in [-0.2, 0) is 18.6 Å². The number of rotatable bonds is 0. The maximum Gasteiger partial charge on any atom is 4.00 e. The van der Waals surface area contributed by atoms with Crippen molar-refractivity contribution in [2.45, 2.75) is 0 Å². The van der Waals surface area contributed by atoms with E-state index < -0.39 is 0 Å². The van der Waals surface area contributed by atoms with E-state index in [9.17, 15) is 0 Å². The third kappa shape index (κ3) is 108. The molecule has 0 aliphatic heterocycles. The molecule has 0 aliphatic rings. The summed E-state index contributed by atoms with van der Waals surface area (Å²) >= 11 is 0. The maximum atomic E-state index is 3.39. The molecule has 0 heterocycles. The van der Waals surface area contributed by atoms with Crippen LogP contribution in [-0.4, -0.2) is 10.2 Å². The van der Waals surface area contributed by atoms with E-state index in [4.69, 9.17) is 0 Å². The van der Waals surface area contributed by atoms with Gasteiger partial charge in [-0.15, -0.1) is 10.2 Å². The average molecular weight is 141 g/mol. The molecule has 39 valence electrons. The van der Waals surface area contributed by atoms with E-state index in [1.54, 1.807) is 0 Å². The smallest absolute Gasteiger partial charge is 0.358 e. The van der Waals surface area contributed by atoms with Crippen LogP contribution in [0.4, 0.5) is 0 Å². The summed E-state index contributed by atoms with van der Waals surface area (Å²) in [6.45, 7) is 3.39. The molecule has 0 nitrogen and oxygen atoms in total. The molecular weight excluding hydrogens is 127 g/mol. The van der Waals surface area contributed by atoms with Crippen LogP contribution >= 0.6 is 0 Å². The molecule has 1 radical (unpaired) electrons. The Kier molecular flexibility index (Phi) is 2450. The monoisotopic (exact) mass is 141 g/mol. The van der Waals surface area contributed by atoms with Gasteiger partial charge in [-0.05, 0) is 0 Å². The van der Waals surface area contributed by atoms with Crippen LogP contribution in [0.3, 0.4) is 0 Å². The first-order valence-corrected chi connectivity index (χ1v) is 2.12. The fraction of sp³-hybridized carbons (Fsp3) is 0. The molecule has 0 amide bonds. The first-order chi connectivity index (χ1) is 1.00. The second-order valence-corrected chi connectivity index (χ2v) is 0. The van der Waals surface area contributed by atoms with Crippen LogP contribution in [0.25, 0.3) is 0 Å². The standard InChI is InChI=1S/CH5Si.3CH3.V/c1-2;;;;/h1H2,2H3;3*1H3;/q4*-1;+4. The molecular formula is C4H14SiV. The first kappa shape index (κ1) is 70.5. The van der Waals surface area contributed by atoms with Crippen molar-refractivity contribution in [1.29, 1.82) is 0 Å². The number of hydrogen-bond acceptors (Lipinski definition) is 0. The van der Waals surface area contributed by atoms with Crippen molar-refractivity contribution in [2.24, 2.45) is 0 Å². The second-order valence-electron chi connectivity index (χ2n) is 0. The normalized spacial score (nSPS) is 1.50. The van der Waals surface area contributed by atoms with Gasteiger partial charge in [0.2, 0.25) is 0 Å². The van der Waals surface area contributed by atoms with E-state index in [-0.39, 0.29) is 40.8 Å². The van der Waals surface area contributed by atoms with E-state index in [1.807, 2.05) is 0 Å². The summed E-state index contributed by atoms with van der Waals surface area (Å²) in [4.78, 5) is 0. The third-order valence-electron chi connectivity index (χ3n) is 0. The van der Waals surface area contributed by atoms with E-state index >= 15 is 0 Å². The summed E-state index contributed by atoms with van der Waals surface area (Å²) in [6, 6.07) is 0. The van der Waals surface area contributed by atoms with Gasteiger partial charge in [0.05, 0.1) is 0 Å². The van der Waals surface area contributed by atoms with Gasteiger partial charge in [0.15, 0.2) is 0 Å². The summed E-state index contributed by atoms with van der Waals surface area (Å²) in [5.41, 5.74) is 0. The topological polar surface area (TPSA) is 0 Å². The predicted octanol–water partition coefficient (Wildman–Crippen LogP) is 0.492. The summed E-state index contributed by atoms with van der Waals surface area (Å²) in [5.74, 6) is 0. The van der Waals surface area contributed by atoms with Gasteiger partial charge >= 0.3 is 18.6 Å². The molecule has 0 aromatic rings. The van der Waals surface area contributed by atoms with Gasteiger partial charge in [-0.3, -0.25) is 0 Å². The number of hydrogen-bond donors (Lipinski definition) is 0. The summed E-state index contributed by atoms with van der Waals surface area (Å²) in [7, 11) is 1.06. The predicted molar refractivity (Wildman–Crippen MR) is 34.5 cm³/mol. The summed E-state index contributed by atoms with van der Waals surface area (Å²) in [6.07, 6.45) is 0. The average Bonchev–Trinajstić information content (AvgIpc) is 1.00. The van der Waals surface area contributed by atoms with Crippen LogP contribution in [0.2, 0.25) is 0 Å². The van der Waals surface area contributed by atoms with Crippen molar-refractivity contribution in [3.63, 3.8) is 0 Å². The molecule has 2 heteroatoms. The Hall–Kier alpha value is 0.801. The van der Waals surface area contributed by atoms with Gasteiger partial charge < -0.3 is 28.8 Å². The molecule has 0 spiro atoms. The fourth-order valence-corrected chi connectivity index (χ4v) is 0. The Labute approximate surface area is 58.0 Å². The molecule has 0 aromatic heterocycles. The second kappa shape index (κ2) is 208. The largest absolute Gasteiger partial charge is 4.00 e. The Morgan fingerprint density at radius 3 is 0.833 bits per heavy atom. The zero-order chi connectivity index (χ0) is 2.00. The molecule has 0 N–H and O–H groups in total. The minimum Gasteiger partial charge on any atom is -0.358 e. The SMILES string of the molecule is [CH2-][SiH3].[CH3-].[CH3-].[CH3-].[V+4]. The van der Waals surface area contributed by atoms with Gasteiger partial charge in [-0.25, -0.2) is 0 Å². The van der Waals surface area contributed by atoms with Crippen molar-refractivity contribution in [3.05, 3.63) is 28.8 Å². The zero-order valence-corrected chi connectivity index (χ0v) is 8.55. The molecule has 0 rings (SSSR count). The third-order valence-corrected chi connectivity index (χ3v) is 0. The van der Waals surface area contributed by atoms with Gasteiger partial charge in [0.1, 0.15) is 0 Å². The quantitative estimate of drug-likeness (QED) is 0.340. The minimum absolute atomic E-state index is 0. The van der Waals surface area contributed by atoms with Gasteiger partial charge in [0.25, 0.3) is 0 Å². The van der Waals surface area contributed by atoms with Crippen molar-refractivity contribution in [2.75, 3.05) is 0 Å². The zero-order valence-electron chi connectivity index (χ0n) is 5.15. The van der Waals surface area contributed by atoms with Gasteiger partial charge in [-0.2, -0.15) is 0 Å². The Balaban J connectivity index is -0.000000000833. The van der Waals surface area contributed by atoms with Crippen LogP contribution < -0.4 is 0 Å². The fourth-order valence-electron chi connectivity index (χ4n) is 0. The molecule has 0 saturated heterocycles. The summed E-state index contributed by atoms with van der Waals surface area (Å²) < 4.78 is 0. The van der Waals surface area contributed by atoms with Crippen molar-refractivity contribution in [1.82, 2.24) is 0 Å². The minimum atomic E-state index is 0. The molecule has 6 heavy (non-hydrogen) atoms. The van der Waals surface area contributed by atoms with E-state index in [0.717, 1.165) is 10.2 Å². The Bertz CT molecular complexity index is 7.51. The molecule has 0 bridgehead atoms. The van der Waals surface area contributed by atoms with Crippen LogP contribution in [0.5, 0.6) is 0 Å². The summed E-state index contributed by atoms with van der Waals surface area (Å²) in [5, 5.41) is 0. The van der Waals surface area contributed by atoms with Crippen LogP contribution in [0.15, 0.2) is 0 Å². The molecule has 0 atom stereocenters.